The van der Waals surface area contributed by atoms with Gasteiger partial charge in [-0.15, -0.1) is 0 Å². The van der Waals surface area contributed by atoms with Gasteiger partial charge in [0.1, 0.15) is 55.4 Å². The van der Waals surface area contributed by atoms with Crippen molar-refractivity contribution >= 4 is 11.9 Å². The summed E-state index contributed by atoms with van der Waals surface area (Å²) in [6.45, 7) is 2.47. The van der Waals surface area contributed by atoms with E-state index in [0.29, 0.717) is 12.8 Å². The Morgan fingerprint density at radius 2 is 0.896 bits per heavy atom. The van der Waals surface area contributed by atoms with Crippen LogP contribution in [0.1, 0.15) is 162 Å². The van der Waals surface area contributed by atoms with E-state index in [2.05, 4.69) is 74.6 Å². The van der Waals surface area contributed by atoms with Crippen molar-refractivity contribution in [3.63, 3.8) is 0 Å². The predicted octanol–water partition coefficient (Wildman–Crippen LogP) is 6.88. The fraction of sp³-hybridized carbons (Fsp3) is 0.769. The fourth-order valence-electron chi connectivity index (χ4n) is 7.49. The summed E-state index contributed by atoms with van der Waals surface area (Å²) in [4.78, 5) is 25.7. The first-order valence-corrected chi connectivity index (χ1v) is 25.4. The van der Waals surface area contributed by atoms with E-state index < -0.39 is 99.3 Å². The van der Waals surface area contributed by atoms with Gasteiger partial charge in [0.05, 0.1) is 19.8 Å². The highest BCUT2D eigenvalue weighted by molar-refractivity contribution is 5.70. The lowest BCUT2D eigenvalue weighted by Gasteiger charge is -2.42. The van der Waals surface area contributed by atoms with E-state index in [9.17, 15) is 45.3 Å². The quantitative estimate of drug-likeness (QED) is 0.0190. The van der Waals surface area contributed by atoms with Crippen LogP contribution in [0.15, 0.2) is 60.8 Å². The Labute approximate surface area is 400 Å². The molecule has 386 valence electrons. The van der Waals surface area contributed by atoms with E-state index in [-0.39, 0.29) is 19.4 Å². The van der Waals surface area contributed by atoms with Crippen LogP contribution in [0, 0.1) is 0 Å². The average Bonchev–Trinajstić information content (AvgIpc) is 3.32. The minimum Gasteiger partial charge on any atom is -0.462 e. The molecule has 2 aliphatic rings. The molecule has 0 amide bonds. The number of ether oxygens (including phenoxy) is 6. The molecule has 0 bridgehead atoms. The summed E-state index contributed by atoms with van der Waals surface area (Å²) < 4.78 is 33.5. The summed E-state index contributed by atoms with van der Waals surface area (Å²) >= 11 is 0. The van der Waals surface area contributed by atoms with Crippen LogP contribution in [0.4, 0.5) is 0 Å². The zero-order valence-electron chi connectivity index (χ0n) is 40.6. The molecule has 2 saturated heterocycles. The number of carbonyl (C=O) groups excluding carboxylic acids is 2. The lowest BCUT2D eigenvalue weighted by Crippen LogP contribution is -2.61. The van der Waals surface area contributed by atoms with Gasteiger partial charge < -0.3 is 64.2 Å². The second-order valence-corrected chi connectivity index (χ2v) is 17.6. The van der Waals surface area contributed by atoms with Crippen molar-refractivity contribution in [3.8, 4) is 0 Å². The van der Waals surface area contributed by atoms with E-state index >= 15 is 0 Å². The second kappa shape index (κ2) is 39.0. The highest BCUT2D eigenvalue weighted by Crippen LogP contribution is 2.26. The molecule has 0 aromatic rings. The third-order valence-electron chi connectivity index (χ3n) is 11.7. The van der Waals surface area contributed by atoms with Crippen molar-refractivity contribution in [1.29, 1.82) is 0 Å². The Morgan fingerprint density at radius 3 is 1.43 bits per heavy atom. The van der Waals surface area contributed by atoms with Gasteiger partial charge in [0.15, 0.2) is 18.7 Å². The molecule has 2 rings (SSSR count). The SMILES string of the molecule is CCCCC/C=C/C/C=C/C/C=C/C/C=C/CCCCCC(=O)OC[C@@H](CO[C@@H]1O[C@H](CO[C@@H]2O[C@H](CO)[C@H](O)C(O)C2O)[C@H](O)C(O)C1O)OC(=O)CCCCCCC/C=C/CCCCC. The van der Waals surface area contributed by atoms with Gasteiger partial charge in [-0.05, 0) is 83.5 Å². The van der Waals surface area contributed by atoms with Gasteiger partial charge in [0.2, 0.25) is 0 Å². The predicted molar refractivity (Wildman–Crippen MR) is 256 cm³/mol. The summed E-state index contributed by atoms with van der Waals surface area (Å²) in [6, 6.07) is 0. The first-order chi connectivity index (χ1) is 32.5. The number of aliphatic hydroxyl groups excluding tert-OH is 7. The number of rotatable bonds is 38. The van der Waals surface area contributed by atoms with Crippen molar-refractivity contribution < 1.29 is 73.8 Å². The van der Waals surface area contributed by atoms with Crippen LogP contribution in [0.2, 0.25) is 0 Å². The normalized spacial score (nSPS) is 26.5. The molecule has 2 aliphatic heterocycles. The summed E-state index contributed by atoms with van der Waals surface area (Å²) in [7, 11) is 0. The van der Waals surface area contributed by atoms with Crippen LogP contribution in [-0.4, -0.2) is 142 Å². The van der Waals surface area contributed by atoms with Crippen molar-refractivity contribution in [2.45, 2.75) is 229 Å². The molecule has 15 heteroatoms. The van der Waals surface area contributed by atoms with Gasteiger partial charge in [-0.1, -0.05) is 126 Å². The first-order valence-electron chi connectivity index (χ1n) is 25.4. The smallest absolute Gasteiger partial charge is 0.306 e. The van der Waals surface area contributed by atoms with Gasteiger partial charge >= 0.3 is 11.9 Å². The van der Waals surface area contributed by atoms with Crippen LogP contribution >= 0.6 is 0 Å². The van der Waals surface area contributed by atoms with E-state index in [1.54, 1.807) is 0 Å². The molecule has 15 nitrogen and oxygen atoms in total. The maximum absolute atomic E-state index is 13.0. The molecule has 0 saturated carbocycles. The topological polar surface area (TPSA) is 231 Å². The molecular formula is C52H88O15. The minimum absolute atomic E-state index is 0.145. The largest absolute Gasteiger partial charge is 0.462 e. The molecule has 0 radical (unpaired) electrons. The van der Waals surface area contributed by atoms with E-state index in [1.165, 1.54) is 38.5 Å². The fourth-order valence-corrected chi connectivity index (χ4v) is 7.49. The summed E-state index contributed by atoms with van der Waals surface area (Å²) in [5.41, 5.74) is 0. The lowest BCUT2D eigenvalue weighted by molar-refractivity contribution is -0.332. The van der Waals surface area contributed by atoms with Gasteiger partial charge in [0.25, 0.3) is 0 Å². The maximum Gasteiger partial charge on any atom is 0.306 e. The Bertz CT molecular complexity index is 1400. The van der Waals surface area contributed by atoms with Crippen molar-refractivity contribution in [2.24, 2.45) is 0 Å². The highest BCUT2D eigenvalue weighted by atomic mass is 16.7. The number of allylic oxidation sites excluding steroid dienone is 10. The van der Waals surface area contributed by atoms with Crippen molar-refractivity contribution in [3.05, 3.63) is 60.8 Å². The lowest BCUT2D eigenvalue weighted by atomic mass is 9.98. The number of hydrogen-bond acceptors (Lipinski definition) is 15. The summed E-state index contributed by atoms with van der Waals surface area (Å²) in [5.74, 6) is -0.977. The number of esters is 2. The summed E-state index contributed by atoms with van der Waals surface area (Å²) in [5, 5.41) is 72.0. The van der Waals surface area contributed by atoms with Crippen LogP contribution in [0.25, 0.3) is 0 Å². The third-order valence-corrected chi connectivity index (χ3v) is 11.7. The molecule has 67 heavy (non-hydrogen) atoms. The number of hydrogen-bond donors (Lipinski definition) is 7. The standard InChI is InChI=1S/C52H88O15/c1-3-5-7-9-11-13-15-17-18-19-20-21-22-23-25-26-28-30-32-34-43(54)62-37-40(65-44(55)35-33-31-29-27-24-16-14-12-10-8-6-4-2)38-63-51-50(61)48(59)46(57)42(67-51)39-64-52-49(60)47(58)45(56)41(36-53)66-52/h11-14,17-18,20-21,23,25,40-42,45-53,56-61H,3-10,15-16,19,22,24,26-39H2,1-2H3/b13-11+,14-12+,18-17+,21-20+,25-23+/t40-,41+,42+,45-,46-,47?,48?,49?,50?,51+,52+/m0/s1. The number of aliphatic hydroxyl groups is 7. The second-order valence-electron chi connectivity index (χ2n) is 17.6. The molecule has 4 unspecified atom stereocenters. The Balaban J connectivity index is 1.82. The Kier molecular flexibility index (Phi) is 35.1. The van der Waals surface area contributed by atoms with Crippen LogP contribution in [-0.2, 0) is 38.0 Å². The molecule has 2 fully saturated rings. The van der Waals surface area contributed by atoms with Crippen LogP contribution < -0.4 is 0 Å². The van der Waals surface area contributed by atoms with Crippen molar-refractivity contribution in [2.75, 3.05) is 26.4 Å². The molecule has 2 heterocycles. The molecule has 11 atom stereocenters. The summed E-state index contributed by atoms with van der Waals surface area (Å²) in [6.07, 6.45) is 26.8. The zero-order valence-corrected chi connectivity index (χ0v) is 40.6. The van der Waals surface area contributed by atoms with Gasteiger partial charge in [-0.25, -0.2) is 0 Å². The highest BCUT2D eigenvalue weighted by Gasteiger charge is 2.47. The van der Waals surface area contributed by atoms with Gasteiger partial charge in [-0.2, -0.15) is 0 Å². The minimum atomic E-state index is -1.77. The molecule has 7 N–H and O–H groups in total. The molecule has 0 aromatic carbocycles. The number of unbranched alkanes of at least 4 members (excludes halogenated alkanes) is 14. The third kappa shape index (κ3) is 27.3. The van der Waals surface area contributed by atoms with E-state index in [4.69, 9.17) is 28.4 Å². The average molecular weight is 953 g/mol. The molecular weight excluding hydrogens is 865 g/mol. The first kappa shape index (κ1) is 60.3. The Hall–Kier alpha value is -2.80. The molecule has 0 aliphatic carbocycles. The van der Waals surface area contributed by atoms with E-state index in [1.807, 2.05) is 0 Å². The molecule has 0 aromatic heterocycles. The Morgan fingerprint density at radius 1 is 0.478 bits per heavy atom. The van der Waals surface area contributed by atoms with Gasteiger partial charge in [-0.3, -0.25) is 9.59 Å². The number of carbonyl (C=O) groups is 2. The van der Waals surface area contributed by atoms with Crippen LogP contribution in [0.5, 0.6) is 0 Å². The maximum atomic E-state index is 13.0. The monoisotopic (exact) mass is 953 g/mol. The van der Waals surface area contributed by atoms with E-state index in [0.717, 1.165) is 83.5 Å². The van der Waals surface area contributed by atoms with Crippen LogP contribution in [0.3, 0.4) is 0 Å². The molecule has 0 spiro atoms. The van der Waals surface area contributed by atoms with Crippen molar-refractivity contribution in [1.82, 2.24) is 0 Å². The van der Waals surface area contributed by atoms with Gasteiger partial charge in [0, 0.05) is 12.8 Å². The zero-order chi connectivity index (χ0) is 48.9.